The average Bonchev–Trinajstić information content (AvgIpc) is 3.12. The third kappa shape index (κ3) is 6.00. The Morgan fingerprint density at radius 3 is 2.48 bits per heavy atom. The van der Waals surface area contributed by atoms with Crippen LogP contribution in [0.4, 0.5) is 13.2 Å². The zero-order chi connectivity index (χ0) is 22.4. The Bertz CT molecular complexity index is 893. The van der Waals surface area contributed by atoms with Gasteiger partial charge in [-0.2, -0.15) is 0 Å². The van der Waals surface area contributed by atoms with Crippen molar-refractivity contribution >= 4 is 5.91 Å². The molecular weight excluding hydrogens is 405 g/mol. The van der Waals surface area contributed by atoms with Crippen LogP contribution in [-0.4, -0.2) is 54.7 Å². The first-order chi connectivity index (χ1) is 14.9. The van der Waals surface area contributed by atoms with Gasteiger partial charge in [-0.25, -0.2) is 13.2 Å². The molecule has 168 valence electrons. The molecule has 0 bridgehead atoms. The van der Waals surface area contributed by atoms with Gasteiger partial charge in [0.15, 0.2) is 11.6 Å². The molecule has 1 amide bonds. The standard InChI is InChI=1S/C17H22F2N2O.C7H7FO/c1-12-4-5-13(9-15(12)19)10-21-8-6-16(17(21)22)20-7-2-3-14(18)11-20;1-9-7-5-3-2-4-6(7)8/h4-5,9,14,16H,2-3,6-8,10-11H2,1H3;2-5H,1H3/t14-,16?;/m1./s1. The van der Waals surface area contributed by atoms with Gasteiger partial charge < -0.3 is 9.64 Å². The van der Waals surface area contributed by atoms with Crippen molar-refractivity contribution < 1.29 is 22.7 Å². The maximum Gasteiger partial charge on any atom is 0.240 e. The molecule has 2 aromatic rings. The smallest absolute Gasteiger partial charge is 0.240 e. The number of benzene rings is 2. The lowest BCUT2D eigenvalue weighted by Gasteiger charge is -2.32. The van der Waals surface area contributed by atoms with E-state index in [-0.39, 0.29) is 29.3 Å². The number of nitrogens with zero attached hydrogens (tertiary/aromatic N) is 2. The van der Waals surface area contributed by atoms with Crippen molar-refractivity contribution in [2.75, 3.05) is 26.7 Å². The summed E-state index contributed by atoms with van der Waals surface area (Å²) in [5.74, 6) is -0.218. The molecule has 2 aromatic carbocycles. The topological polar surface area (TPSA) is 32.8 Å². The van der Waals surface area contributed by atoms with Gasteiger partial charge >= 0.3 is 0 Å². The Morgan fingerprint density at radius 2 is 1.84 bits per heavy atom. The van der Waals surface area contributed by atoms with Gasteiger partial charge in [0.25, 0.3) is 0 Å². The fourth-order valence-corrected chi connectivity index (χ4v) is 4.02. The molecule has 0 radical (unpaired) electrons. The van der Waals surface area contributed by atoms with E-state index in [1.165, 1.54) is 19.2 Å². The normalized spacial score (nSPS) is 21.6. The predicted octanol–water partition coefficient (Wildman–Crippen LogP) is 4.50. The number of hydrogen-bond donors (Lipinski definition) is 0. The number of methoxy groups -OCH3 is 1. The van der Waals surface area contributed by atoms with Crippen LogP contribution in [0.2, 0.25) is 0 Å². The van der Waals surface area contributed by atoms with Gasteiger partial charge in [-0.1, -0.05) is 24.3 Å². The zero-order valence-electron chi connectivity index (χ0n) is 18.0. The molecule has 2 heterocycles. The molecule has 2 fully saturated rings. The predicted molar refractivity (Wildman–Crippen MR) is 114 cm³/mol. The molecule has 7 heteroatoms. The third-order valence-electron chi connectivity index (χ3n) is 5.77. The minimum atomic E-state index is -0.818. The summed E-state index contributed by atoms with van der Waals surface area (Å²) in [6, 6.07) is 11.2. The number of hydrogen-bond acceptors (Lipinski definition) is 3. The van der Waals surface area contributed by atoms with Crippen molar-refractivity contribution in [3.05, 3.63) is 65.2 Å². The van der Waals surface area contributed by atoms with E-state index in [2.05, 4.69) is 4.74 Å². The number of rotatable bonds is 4. The number of alkyl halides is 1. The van der Waals surface area contributed by atoms with Crippen LogP contribution in [0.5, 0.6) is 5.75 Å². The molecule has 0 spiro atoms. The number of ether oxygens (including phenoxy) is 1. The van der Waals surface area contributed by atoms with E-state index in [4.69, 9.17) is 0 Å². The number of aryl methyl sites for hydroxylation is 1. The highest BCUT2D eigenvalue weighted by Gasteiger charge is 2.37. The van der Waals surface area contributed by atoms with Gasteiger partial charge in [0.1, 0.15) is 12.0 Å². The van der Waals surface area contributed by atoms with Crippen molar-refractivity contribution in [1.82, 2.24) is 9.80 Å². The van der Waals surface area contributed by atoms with E-state index >= 15 is 0 Å². The second kappa shape index (κ2) is 10.7. The van der Waals surface area contributed by atoms with Gasteiger partial charge in [-0.05, 0) is 62.1 Å². The molecule has 2 aliphatic heterocycles. The Hall–Kier alpha value is -2.54. The zero-order valence-corrected chi connectivity index (χ0v) is 18.0. The lowest BCUT2D eigenvalue weighted by Crippen LogP contribution is -2.47. The van der Waals surface area contributed by atoms with Gasteiger partial charge in [0, 0.05) is 19.6 Å². The van der Waals surface area contributed by atoms with Crippen molar-refractivity contribution in [2.24, 2.45) is 0 Å². The van der Waals surface area contributed by atoms with E-state index in [0.717, 1.165) is 24.9 Å². The van der Waals surface area contributed by atoms with Crippen LogP contribution >= 0.6 is 0 Å². The highest BCUT2D eigenvalue weighted by molar-refractivity contribution is 5.84. The highest BCUT2D eigenvalue weighted by Crippen LogP contribution is 2.24. The van der Waals surface area contributed by atoms with Crippen LogP contribution in [0.1, 0.15) is 30.4 Å². The Morgan fingerprint density at radius 1 is 1.06 bits per heavy atom. The molecule has 31 heavy (non-hydrogen) atoms. The maximum absolute atomic E-state index is 13.6. The van der Waals surface area contributed by atoms with Crippen molar-refractivity contribution in [1.29, 1.82) is 0 Å². The Kier molecular flexibility index (Phi) is 7.96. The molecule has 0 N–H and O–H groups in total. The molecule has 4 nitrogen and oxygen atoms in total. The van der Waals surface area contributed by atoms with Crippen molar-refractivity contribution in [3.63, 3.8) is 0 Å². The quantitative estimate of drug-likeness (QED) is 0.710. The van der Waals surface area contributed by atoms with Gasteiger partial charge in [0.2, 0.25) is 5.91 Å². The Labute approximate surface area is 181 Å². The summed E-state index contributed by atoms with van der Waals surface area (Å²) in [7, 11) is 1.44. The number of likely N-dealkylation sites (tertiary alicyclic amines) is 2. The third-order valence-corrected chi connectivity index (χ3v) is 5.77. The fraction of sp³-hybridized carbons (Fsp3) is 0.458. The van der Waals surface area contributed by atoms with Crippen LogP contribution in [0, 0.1) is 18.6 Å². The van der Waals surface area contributed by atoms with Gasteiger partial charge in [0.05, 0.1) is 13.2 Å². The van der Waals surface area contributed by atoms with E-state index in [1.807, 2.05) is 11.0 Å². The number of halogens is 3. The number of amides is 1. The molecule has 2 atom stereocenters. The van der Waals surface area contributed by atoms with Crippen LogP contribution in [-0.2, 0) is 11.3 Å². The monoisotopic (exact) mass is 434 g/mol. The van der Waals surface area contributed by atoms with E-state index in [1.54, 1.807) is 36.1 Å². The van der Waals surface area contributed by atoms with Crippen LogP contribution < -0.4 is 4.74 Å². The summed E-state index contributed by atoms with van der Waals surface area (Å²) >= 11 is 0. The molecule has 0 aromatic heterocycles. The van der Waals surface area contributed by atoms with E-state index < -0.39 is 6.17 Å². The molecule has 2 saturated heterocycles. The summed E-state index contributed by atoms with van der Waals surface area (Å²) in [4.78, 5) is 16.3. The first kappa shape index (κ1) is 23.1. The van der Waals surface area contributed by atoms with Crippen molar-refractivity contribution in [2.45, 2.75) is 44.9 Å². The van der Waals surface area contributed by atoms with Crippen molar-refractivity contribution in [3.8, 4) is 5.75 Å². The number of carbonyl (C=O) groups is 1. The number of carbonyl (C=O) groups excluding carboxylic acids is 1. The molecule has 4 rings (SSSR count). The highest BCUT2D eigenvalue weighted by atomic mass is 19.1. The van der Waals surface area contributed by atoms with Crippen LogP contribution in [0.15, 0.2) is 42.5 Å². The fourth-order valence-electron chi connectivity index (χ4n) is 4.02. The summed E-state index contributed by atoms with van der Waals surface area (Å²) in [5, 5.41) is 0. The number of piperidine rings is 1. The first-order valence-electron chi connectivity index (χ1n) is 10.6. The van der Waals surface area contributed by atoms with E-state index in [9.17, 15) is 18.0 Å². The van der Waals surface area contributed by atoms with E-state index in [0.29, 0.717) is 31.6 Å². The second-order valence-corrected chi connectivity index (χ2v) is 8.02. The Balaban J connectivity index is 0.000000254. The maximum atomic E-state index is 13.6. The summed E-state index contributed by atoms with van der Waals surface area (Å²) < 4.78 is 44.3. The number of para-hydroxylation sites is 1. The summed E-state index contributed by atoms with van der Waals surface area (Å²) in [6.45, 7) is 3.97. The lowest BCUT2D eigenvalue weighted by atomic mass is 10.1. The second-order valence-electron chi connectivity index (χ2n) is 8.02. The van der Waals surface area contributed by atoms with Gasteiger partial charge in [-0.3, -0.25) is 9.69 Å². The molecule has 0 aliphatic carbocycles. The average molecular weight is 435 g/mol. The summed E-state index contributed by atoms with van der Waals surface area (Å²) in [5.41, 5.74) is 1.41. The molecule has 1 unspecified atom stereocenters. The molecule has 2 aliphatic rings. The van der Waals surface area contributed by atoms with Crippen LogP contribution in [0.3, 0.4) is 0 Å². The minimum Gasteiger partial charge on any atom is -0.494 e. The largest absolute Gasteiger partial charge is 0.494 e. The minimum absolute atomic E-state index is 0.0510. The molecule has 0 saturated carbocycles. The summed E-state index contributed by atoms with van der Waals surface area (Å²) in [6.07, 6.45) is 1.33. The first-order valence-corrected chi connectivity index (χ1v) is 10.6. The van der Waals surface area contributed by atoms with Gasteiger partial charge in [-0.15, -0.1) is 0 Å². The lowest BCUT2D eigenvalue weighted by molar-refractivity contribution is -0.133. The molecular formula is C24H29F3N2O2. The van der Waals surface area contributed by atoms with Crippen LogP contribution in [0.25, 0.3) is 0 Å². The SMILES string of the molecule is COc1ccccc1F.Cc1ccc(CN2CCC(N3CCC[C@@H](F)C3)C2=O)cc1F.